The first-order chi connectivity index (χ1) is 40.2. The zero-order valence-electron chi connectivity index (χ0n) is 53.5. The van der Waals surface area contributed by atoms with E-state index in [9.17, 15) is 28.9 Å². The molecule has 0 aromatic heterocycles. The first-order valence-corrected chi connectivity index (χ1v) is 36.0. The second kappa shape index (κ2) is 64.4. The molecule has 0 bridgehead atoms. The van der Waals surface area contributed by atoms with E-state index in [0.717, 1.165) is 89.9 Å². The average Bonchev–Trinajstić information content (AvgIpc) is 3.47. The van der Waals surface area contributed by atoms with Crippen molar-refractivity contribution in [2.45, 2.75) is 354 Å². The Labute approximate surface area is 504 Å². The normalized spacial score (nSPS) is 13.5. The van der Waals surface area contributed by atoms with E-state index < -0.39 is 57.8 Å². The number of phosphoric ester groups is 1. The van der Waals surface area contributed by atoms with Gasteiger partial charge in [0.1, 0.15) is 12.7 Å². The summed E-state index contributed by atoms with van der Waals surface area (Å²) in [5.74, 6) is -1.45. The van der Waals surface area contributed by atoms with Crippen molar-refractivity contribution in [1.29, 1.82) is 0 Å². The Bertz CT molecular complexity index is 1560. The lowest BCUT2D eigenvalue weighted by atomic mass is 10.0. The number of ether oxygens (including phenoxy) is 3. The predicted octanol–water partition coefficient (Wildman–Crippen LogP) is 21.3. The third-order valence-electron chi connectivity index (χ3n) is 15.2. The molecule has 11 nitrogen and oxygen atoms in total. The minimum atomic E-state index is -4.76. The van der Waals surface area contributed by atoms with Crippen LogP contribution in [0.2, 0.25) is 0 Å². The Balaban J connectivity index is 4.64. The standard InChI is InChI=1S/C70H129O11P/c1-4-7-10-13-16-19-22-25-28-31-33-36-39-42-45-48-51-54-57-60-69(73)80-66(62-71)64-78-82(75,76)79-65-67(63-77-68(72)59-56-53-50-47-44-41-38-35-30-27-24-21-18-15-12-9-6-3)81-70(74)61-58-55-52-49-46-43-40-37-34-32-29-26-23-20-17-14-11-8-5-2/h9,12,18,21,26-27,29-30,66-67,71H,4-8,10-11,13-17,19-20,22-25,28,31-65H2,1-3H3,(H,75,76)/b12-9-,21-18-,29-26-,30-27-. The van der Waals surface area contributed by atoms with E-state index in [1.165, 1.54) is 193 Å². The Kier molecular flexibility index (Phi) is 62.4. The first kappa shape index (κ1) is 79.4. The number of aliphatic hydroxyl groups excluding tert-OH is 1. The minimum absolute atomic E-state index is 0.166. The van der Waals surface area contributed by atoms with Crippen LogP contribution in [0, 0.1) is 0 Å². The van der Waals surface area contributed by atoms with Crippen molar-refractivity contribution in [3.8, 4) is 0 Å². The van der Waals surface area contributed by atoms with Crippen molar-refractivity contribution in [3.05, 3.63) is 48.6 Å². The van der Waals surface area contributed by atoms with Crippen molar-refractivity contribution in [2.75, 3.05) is 26.4 Å². The molecule has 0 fully saturated rings. The van der Waals surface area contributed by atoms with Gasteiger partial charge in [0.05, 0.1) is 19.8 Å². The van der Waals surface area contributed by atoms with E-state index in [1.807, 2.05) is 0 Å². The highest BCUT2D eigenvalue weighted by atomic mass is 31.2. The highest BCUT2D eigenvalue weighted by Crippen LogP contribution is 2.43. The van der Waals surface area contributed by atoms with Gasteiger partial charge in [0.15, 0.2) is 6.10 Å². The van der Waals surface area contributed by atoms with Crippen LogP contribution in [0.3, 0.4) is 0 Å². The quantitative estimate of drug-likeness (QED) is 0.0197. The molecule has 0 heterocycles. The maximum absolute atomic E-state index is 13.0. The maximum atomic E-state index is 13.0. The number of carbonyl (C=O) groups is 3. The van der Waals surface area contributed by atoms with Gasteiger partial charge in [-0.15, -0.1) is 0 Å². The van der Waals surface area contributed by atoms with Crippen LogP contribution in [0.15, 0.2) is 48.6 Å². The molecule has 82 heavy (non-hydrogen) atoms. The van der Waals surface area contributed by atoms with Crippen LogP contribution in [-0.4, -0.2) is 66.5 Å². The molecular weight excluding hydrogens is 1050 g/mol. The third-order valence-corrected chi connectivity index (χ3v) is 16.2. The number of esters is 3. The maximum Gasteiger partial charge on any atom is 0.472 e. The van der Waals surface area contributed by atoms with Gasteiger partial charge < -0.3 is 24.2 Å². The van der Waals surface area contributed by atoms with Crippen LogP contribution in [0.5, 0.6) is 0 Å². The van der Waals surface area contributed by atoms with Crippen LogP contribution in [-0.2, 0) is 42.2 Å². The number of hydrogen-bond donors (Lipinski definition) is 2. The van der Waals surface area contributed by atoms with E-state index >= 15 is 0 Å². The summed E-state index contributed by atoms with van der Waals surface area (Å²) >= 11 is 0. The highest BCUT2D eigenvalue weighted by molar-refractivity contribution is 7.47. The molecule has 0 amide bonds. The van der Waals surface area contributed by atoms with E-state index in [-0.39, 0.29) is 25.9 Å². The van der Waals surface area contributed by atoms with Crippen LogP contribution in [0.25, 0.3) is 0 Å². The molecule has 0 spiro atoms. The van der Waals surface area contributed by atoms with Crippen LogP contribution in [0.4, 0.5) is 0 Å². The van der Waals surface area contributed by atoms with Gasteiger partial charge in [-0.1, -0.05) is 294 Å². The Morgan fingerprint density at radius 1 is 0.354 bits per heavy atom. The van der Waals surface area contributed by atoms with Crippen molar-refractivity contribution in [3.63, 3.8) is 0 Å². The molecule has 0 aliphatic carbocycles. The summed E-state index contributed by atoms with van der Waals surface area (Å²) in [6, 6.07) is 0. The van der Waals surface area contributed by atoms with Crippen molar-refractivity contribution < 1.29 is 52.2 Å². The smallest absolute Gasteiger partial charge is 0.462 e. The summed E-state index contributed by atoms with van der Waals surface area (Å²) < 4.78 is 39.8. The summed E-state index contributed by atoms with van der Waals surface area (Å²) in [5.41, 5.74) is 0. The van der Waals surface area contributed by atoms with E-state index in [1.54, 1.807) is 0 Å². The van der Waals surface area contributed by atoms with E-state index in [0.29, 0.717) is 19.3 Å². The molecule has 3 unspecified atom stereocenters. The molecule has 0 radical (unpaired) electrons. The first-order valence-electron chi connectivity index (χ1n) is 34.5. The van der Waals surface area contributed by atoms with Crippen molar-refractivity contribution >= 4 is 25.7 Å². The number of phosphoric acid groups is 1. The van der Waals surface area contributed by atoms with Gasteiger partial charge in [-0.3, -0.25) is 23.4 Å². The largest absolute Gasteiger partial charge is 0.472 e. The third kappa shape index (κ3) is 62.0. The Morgan fingerprint density at radius 3 is 0.988 bits per heavy atom. The molecule has 0 saturated heterocycles. The van der Waals surface area contributed by atoms with Gasteiger partial charge in [0, 0.05) is 19.3 Å². The molecule has 12 heteroatoms. The van der Waals surface area contributed by atoms with Crippen LogP contribution in [0.1, 0.15) is 342 Å². The lowest BCUT2D eigenvalue weighted by Gasteiger charge is -2.21. The molecule has 2 N–H and O–H groups in total. The van der Waals surface area contributed by atoms with E-state index in [2.05, 4.69) is 69.4 Å². The minimum Gasteiger partial charge on any atom is -0.462 e. The number of hydrogen-bond acceptors (Lipinski definition) is 10. The number of rotatable bonds is 65. The fraction of sp³-hybridized carbons (Fsp3) is 0.843. The molecule has 0 saturated carbocycles. The number of allylic oxidation sites excluding steroid dienone is 8. The molecule has 0 aromatic carbocycles. The van der Waals surface area contributed by atoms with Crippen LogP contribution < -0.4 is 0 Å². The zero-order valence-corrected chi connectivity index (χ0v) is 54.4. The van der Waals surface area contributed by atoms with Gasteiger partial charge >= 0.3 is 25.7 Å². The summed E-state index contributed by atoms with van der Waals surface area (Å²) in [6.45, 7) is 4.60. The fourth-order valence-electron chi connectivity index (χ4n) is 10.0. The summed E-state index contributed by atoms with van der Waals surface area (Å²) in [7, 11) is -4.76. The van der Waals surface area contributed by atoms with Gasteiger partial charge in [-0.05, 0) is 77.0 Å². The summed E-state index contributed by atoms with van der Waals surface area (Å²) in [5, 5.41) is 9.88. The number of carbonyl (C=O) groups excluding carboxylic acids is 3. The second-order valence-corrected chi connectivity index (χ2v) is 24.8. The van der Waals surface area contributed by atoms with Gasteiger partial charge in [-0.25, -0.2) is 4.57 Å². The molecule has 0 aliphatic rings. The fourth-order valence-corrected chi connectivity index (χ4v) is 10.8. The number of aliphatic hydroxyl groups is 1. The average molecular weight is 1180 g/mol. The van der Waals surface area contributed by atoms with Crippen LogP contribution >= 0.6 is 7.82 Å². The highest BCUT2D eigenvalue weighted by Gasteiger charge is 2.28. The molecule has 0 rings (SSSR count). The Morgan fingerprint density at radius 2 is 0.634 bits per heavy atom. The molecule has 3 atom stereocenters. The second-order valence-electron chi connectivity index (χ2n) is 23.3. The number of unbranched alkanes of at least 4 members (excludes halogenated alkanes) is 40. The van der Waals surface area contributed by atoms with Gasteiger partial charge in [0.25, 0.3) is 0 Å². The zero-order chi connectivity index (χ0) is 59.8. The monoisotopic (exact) mass is 1180 g/mol. The molecule has 480 valence electrons. The lowest BCUT2D eigenvalue weighted by Crippen LogP contribution is -2.30. The lowest BCUT2D eigenvalue weighted by molar-refractivity contribution is -0.161. The summed E-state index contributed by atoms with van der Waals surface area (Å²) in [4.78, 5) is 48.9. The topological polar surface area (TPSA) is 155 Å². The molecular formula is C70H129O11P. The summed E-state index contributed by atoms with van der Waals surface area (Å²) in [6.07, 6.45) is 72.0. The SMILES string of the molecule is CC/C=C\C/C=C\C/C=C\CCCCCCCCCC(=O)OCC(COP(=O)(O)OCC(CO)OC(=O)CCCCCCCCCCCCCCCCCCCCC)OC(=O)CCCCCCCCCCC/C=C\CCCCCCCC. The molecule has 0 aliphatic heterocycles. The Hall–Kier alpha value is -2.56. The van der Waals surface area contributed by atoms with Crippen molar-refractivity contribution in [2.24, 2.45) is 0 Å². The van der Waals surface area contributed by atoms with Gasteiger partial charge in [-0.2, -0.15) is 0 Å². The molecule has 0 aromatic rings. The van der Waals surface area contributed by atoms with Gasteiger partial charge in [0.2, 0.25) is 0 Å². The van der Waals surface area contributed by atoms with E-state index in [4.69, 9.17) is 23.3 Å². The van der Waals surface area contributed by atoms with Crippen molar-refractivity contribution in [1.82, 2.24) is 0 Å². The predicted molar refractivity (Wildman–Crippen MR) is 344 cm³/mol.